The molecule has 0 atom stereocenters. The lowest BCUT2D eigenvalue weighted by Gasteiger charge is -2.16. The lowest BCUT2D eigenvalue weighted by molar-refractivity contribution is 0.204. The number of hydrogen-bond donors (Lipinski definition) is 4. The standard InChI is InChI=1S/C9H12FIN2O2/c10-6-1-9(8(12)2-7(6)11)13-5(3-14)4-15/h1-2,5,13-15H,3-4,12H2. The van der Waals surface area contributed by atoms with Gasteiger partial charge in [0.15, 0.2) is 0 Å². The summed E-state index contributed by atoms with van der Waals surface area (Å²) in [5.41, 5.74) is 6.41. The van der Waals surface area contributed by atoms with Crippen molar-refractivity contribution < 1.29 is 14.6 Å². The first kappa shape index (κ1) is 12.5. The molecule has 15 heavy (non-hydrogen) atoms. The molecule has 0 aliphatic heterocycles. The summed E-state index contributed by atoms with van der Waals surface area (Å²) in [4.78, 5) is 0. The lowest BCUT2D eigenvalue weighted by atomic mass is 10.2. The predicted octanol–water partition coefficient (Wildman–Crippen LogP) is 0.778. The summed E-state index contributed by atoms with van der Waals surface area (Å²) < 4.78 is 13.6. The van der Waals surface area contributed by atoms with Gasteiger partial charge in [0.05, 0.1) is 34.2 Å². The molecule has 1 aromatic rings. The van der Waals surface area contributed by atoms with Crippen molar-refractivity contribution in [3.05, 3.63) is 21.5 Å². The molecule has 0 amide bonds. The highest BCUT2D eigenvalue weighted by Crippen LogP contribution is 2.24. The van der Waals surface area contributed by atoms with Crippen molar-refractivity contribution in [2.75, 3.05) is 24.3 Å². The van der Waals surface area contributed by atoms with Crippen LogP contribution in [-0.4, -0.2) is 29.5 Å². The minimum atomic E-state index is -0.535. The molecule has 1 rings (SSSR count). The first-order valence-corrected chi connectivity index (χ1v) is 5.39. The zero-order valence-electron chi connectivity index (χ0n) is 7.87. The smallest absolute Gasteiger partial charge is 0.138 e. The number of nitrogens with two attached hydrogens (primary N) is 1. The molecule has 5 N–H and O–H groups in total. The quantitative estimate of drug-likeness (QED) is 0.487. The van der Waals surface area contributed by atoms with Crippen LogP contribution in [0.15, 0.2) is 12.1 Å². The van der Waals surface area contributed by atoms with Crippen LogP contribution in [0, 0.1) is 9.39 Å². The van der Waals surface area contributed by atoms with Gasteiger partial charge in [0.2, 0.25) is 0 Å². The lowest BCUT2D eigenvalue weighted by Crippen LogP contribution is -2.28. The predicted molar refractivity (Wildman–Crippen MR) is 65.1 cm³/mol. The van der Waals surface area contributed by atoms with Crippen LogP contribution < -0.4 is 11.1 Å². The number of aliphatic hydroxyl groups excluding tert-OH is 2. The Morgan fingerprint density at radius 2 is 2.00 bits per heavy atom. The first-order chi connectivity index (χ1) is 7.08. The van der Waals surface area contributed by atoms with Crippen molar-refractivity contribution in [1.82, 2.24) is 0 Å². The monoisotopic (exact) mass is 326 g/mol. The zero-order valence-corrected chi connectivity index (χ0v) is 10.0. The third-order valence-corrected chi connectivity index (χ3v) is 2.72. The van der Waals surface area contributed by atoms with E-state index in [4.69, 9.17) is 15.9 Å². The van der Waals surface area contributed by atoms with Crippen molar-refractivity contribution >= 4 is 34.0 Å². The van der Waals surface area contributed by atoms with E-state index in [0.29, 0.717) is 14.9 Å². The topological polar surface area (TPSA) is 78.5 Å². The van der Waals surface area contributed by atoms with Gasteiger partial charge in [-0.2, -0.15) is 0 Å². The Morgan fingerprint density at radius 1 is 1.40 bits per heavy atom. The minimum absolute atomic E-state index is 0.246. The summed E-state index contributed by atoms with van der Waals surface area (Å²) in [6.07, 6.45) is 0. The van der Waals surface area contributed by atoms with E-state index in [0.717, 1.165) is 0 Å². The number of hydrogen-bond acceptors (Lipinski definition) is 4. The van der Waals surface area contributed by atoms with Gasteiger partial charge in [-0.25, -0.2) is 4.39 Å². The van der Waals surface area contributed by atoms with Crippen LogP contribution in [0.2, 0.25) is 0 Å². The third-order valence-electron chi connectivity index (χ3n) is 1.89. The maximum Gasteiger partial charge on any atom is 0.138 e. The highest BCUT2D eigenvalue weighted by Gasteiger charge is 2.10. The molecule has 84 valence electrons. The molecule has 0 aromatic heterocycles. The second-order valence-corrected chi connectivity index (χ2v) is 4.22. The van der Waals surface area contributed by atoms with Crippen LogP contribution in [0.5, 0.6) is 0 Å². The van der Waals surface area contributed by atoms with Crippen LogP contribution in [0.1, 0.15) is 0 Å². The first-order valence-electron chi connectivity index (χ1n) is 4.31. The fraction of sp³-hybridized carbons (Fsp3) is 0.333. The molecule has 0 aliphatic rings. The Hall–Kier alpha value is -0.600. The number of aliphatic hydroxyl groups is 2. The highest BCUT2D eigenvalue weighted by molar-refractivity contribution is 14.1. The van der Waals surface area contributed by atoms with Crippen LogP contribution >= 0.6 is 22.6 Å². The zero-order chi connectivity index (χ0) is 11.4. The number of nitrogens with one attached hydrogen (secondary N) is 1. The van der Waals surface area contributed by atoms with E-state index in [1.807, 2.05) is 22.6 Å². The maximum absolute atomic E-state index is 13.2. The minimum Gasteiger partial charge on any atom is -0.397 e. The molecular weight excluding hydrogens is 314 g/mol. The molecule has 0 spiro atoms. The van der Waals surface area contributed by atoms with Gasteiger partial charge in [-0.1, -0.05) is 0 Å². The number of nitrogen functional groups attached to an aromatic ring is 1. The average molecular weight is 326 g/mol. The maximum atomic E-state index is 13.2. The Balaban J connectivity index is 2.89. The molecule has 4 nitrogen and oxygen atoms in total. The van der Waals surface area contributed by atoms with Gasteiger partial charge in [0.1, 0.15) is 5.82 Å². The van der Waals surface area contributed by atoms with Crippen LogP contribution in [-0.2, 0) is 0 Å². The van der Waals surface area contributed by atoms with E-state index >= 15 is 0 Å². The largest absolute Gasteiger partial charge is 0.397 e. The van der Waals surface area contributed by atoms with Gasteiger partial charge < -0.3 is 21.3 Å². The second kappa shape index (κ2) is 5.47. The summed E-state index contributed by atoms with van der Waals surface area (Å²) in [6, 6.07) is 2.20. The fourth-order valence-corrected chi connectivity index (χ4v) is 1.55. The second-order valence-electron chi connectivity index (χ2n) is 3.06. The molecule has 0 radical (unpaired) electrons. The summed E-state index contributed by atoms with van der Waals surface area (Å²) >= 11 is 1.84. The summed E-state index contributed by atoms with van der Waals surface area (Å²) in [5.74, 6) is -0.387. The van der Waals surface area contributed by atoms with Crippen LogP contribution in [0.3, 0.4) is 0 Å². The van der Waals surface area contributed by atoms with E-state index in [-0.39, 0.29) is 19.0 Å². The molecule has 0 saturated carbocycles. The SMILES string of the molecule is Nc1cc(I)c(F)cc1NC(CO)CO. The summed E-state index contributed by atoms with van der Waals surface area (Å²) in [5, 5.41) is 20.4. The van der Waals surface area contributed by atoms with Gasteiger partial charge >= 0.3 is 0 Å². The van der Waals surface area contributed by atoms with Crippen molar-refractivity contribution in [2.45, 2.75) is 6.04 Å². The van der Waals surface area contributed by atoms with E-state index in [1.165, 1.54) is 12.1 Å². The molecule has 0 heterocycles. The Morgan fingerprint density at radius 3 is 2.53 bits per heavy atom. The van der Waals surface area contributed by atoms with Crippen LogP contribution in [0.25, 0.3) is 0 Å². The van der Waals surface area contributed by atoms with E-state index in [2.05, 4.69) is 5.32 Å². The highest BCUT2D eigenvalue weighted by atomic mass is 127. The molecule has 6 heteroatoms. The van der Waals surface area contributed by atoms with E-state index < -0.39 is 6.04 Å². The molecule has 0 fully saturated rings. The van der Waals surface area contributed by atoms with Gasteiger partial charge in [0.25, 0.3) is 0 Å². The average Bonchev–Trinajstić information content (AvgIpc) is 2.21. The van der Waals surface area contributed by atoms with E-state index in [9.17, 15) is 4.39 Å². The van der Waals surface area contributed by atoms with Crippen LogP contribution in [0.4, 0.5) is 15.8 Å². The number of halogens is 2. The van der Waals surface area contributed by atoms with E-state index in [1.54, 1.807) is 0 Å². The number of anilines is 2. The summed E-state index contributed by atoms with van der Waals surface area (Å²) in [7, 11) is 0. The Bertz CT molecular complexity index is 345. The molecule has 1 aromatic carbocycles. The molecule has 0 unspecified atom stereocenters. The van der Waals surface area contributed by atoms with Gasteiger partial charge in [-0.15, -0.1) is 0 Å². The molecule has 0 bridgehead atoms. The number of rotatable bonds is 4. The Labute approximate surface area is 100 Å². The van der Waals surface area contributed by atoms with Gasteiger partial charge in [-0.3, -0.25) is 0 Å². The normalized spacial score (nSPS) is 10.7. The third kappa shape index (κ3) is 3.18. The molecule has 0 saturated heterocycles. The van der Waals surface area contributed by atoms with Gasteiger partial charge in [0, 0.05) is 6.07 Å². The molecular formula is C9H12FIN2O2. The van der Waals surface area contributed by atoms with Crippen molar-refractivity contribution in [1.29, 1.82) is 0 Å². The van der Waals surface area contributed by atoms with Crippen molar-refractivity contribution in [3.8, 4) is 0 Å². The van der Waals surface area contributed by atoms with Crippen molar-refractivity contribution in [2.24, 2.45) is 0 Å². The molecule has 0 aliphatic carbocycles. The Kier molecular flexibility index (Phi) is 4.55. The number of benzene rings is 1. The summed E-state index contributed by atoms with van der Waals surface area (Å²) in [6.45, 7) is -0.493. The van der Waals surface area contributed by atoms with Crippen molar-refractivity contribution in [3.63, 3.8) is 0 Å². The fourth-order valence-electron chi connectivity index (χ4n) is 1.06. The van der Waals surface area contributed by atoms with Gasteiger partial charge in [-0.05, 0) is 28.7 Å².